The summed E-state index contributed by atoms with van der Waals surface area (Å²) >= 11 is 0. The number of hydrogen-bond donors (Lipinski definition) is 2. The van der Waals surface area contributed by atoms with Gasteiger partial charge in [-0.25, -0.2) is 0 Å². The monoisotopic (exact) mass is 655 g/mol. The number of rotatable bonds is 8. The second-order valence-corrected chi connectivity index (χ2v) is 13.3. The average Bonchev–Trinajstić information content (AvgIpc) is 3.74. The molecule has 10 heteroatoms. The highest BCUT2D eigenvalue weighted by molar-refractivity contribution is 5.99. The van der Waals surface area contributed by atoms with E-state index in [9.17, 15) is 24.3 Å². The molecule has 3 amide bonds. The van der Waals surface area contributed by atoms with Gasteiger partial charge in [0.15, 0.2) is 0 Å². The summed E-state index contributed by atoms with van der Waals surface area (Å²) < 4.78 is 12.7. The minimum Gasteiger partial charge on any atom is -0.455 e. The van der Waals surface area contributed by atoms with Crippen LogP contribution < -0.4 is 5.32 Å². The number of nitrogens with zero attached hydrogens (tertiary/aromatic N) is 2. The van der Waals surface area contributed by atoms with Crippen LogP contribution in [0, 0.1) is 11.8 Å². The molecule has 254 valence electrons. The molecule has 2 aromatic rings. The maximum atomic E-state index is 15.0. The zero-order valence-corrected chi connectivity index (χ0v) is 27.6. The summed E-state index contributed by atoms with van der Waals surface area (Å²) in [6, 6.07) is 16.7. The van der Waals surface area contributed by atoms with Gasteiger partial charge in [-0.15, -0.1) is 0 Å². The number of benzene rings is 2. The van der Waals surface area contributed by atoms with Crippen LogP contribution >= 0.6 is 0 Å². The molecule has 2 fully saturated rings. The Bertz CT molecular complexity index is 1550. The van der Waals surface area contributed by atoms with Crippen molar-refractivity contribution < 1.29 is 33.8 Å². The fraction of sp³-hybridized carbons (Fsp3) is 0.474. The molecule has 10 nitrogen and oxygen atoms in total. The van der Waals surface area contributed by atoms with Crippen molar-refractivity contribution in [2.24, 2.45) is 11.8 Å². The fourth-order valence-corrected chi connectivity index (χ4v) is 7.83. The molecule has 6 rings (SSSR count). The molecule has 4 aliphatic heterocycles. The molecule has 1 unspecified atom stereocenters. The van der Waals surface area contributed by atoms with Crippen LogP contribution in [0.2, 0.25) is 0 Å². The molecule has 2 aromatic carbocycles. The van der Waals surface area contributed by atoms with E-state index in [-0.39, 0.29) is 44.0 Å². The van der Waals surface area contributed by atoms with Crippen molar-refractivity contribution in [3.63, 3.8) is 0 Å². The van der Waals surface area contributed by atoms with Gasteiger partial charge in [0.05, 0.1) is 31.2 Å². The molecular weight excluding hydrogens is 610 g/mol. The Morgan fingerprint density at radius 2 is 1.73 bits per heavy atom. The number of aliphatic hydroxyl groups excluding tert-OH is 1. The second-order valence-electron chi connectivity index (χ2n) is 13.3. The Hall–Kier alpha value is -4.28. The Morgan fingerprint density at radius 3 is 2.44 bits per heavy atom. The number of cyclic esters (lactones) is 1. The van der Waals surface area contributed by atoms with Crippen LogP contribution in [-0.4, -0.2) is 88.1 Å². The van der Waals surface area contributed by atoms with Crippen LogP contribution in [0.4, 0.5) is 0 Å². The molecule has 2 saturated heterocycles. The Kier molecular flexibility index (Phi) is 10.1. The van der Waals surface area contributed by atoms with Gasteiger partial charge in [0.25, 0.3) is 0 Å². The first-order chi connectivity index (χ1) is 23.3. The van der Waals surface area contributed by atoms with Crippen LogP contribution in [0.1, 0.15) is 56.8 Å². The lowest BCUT2D eigenvalue weighted by Crippen LogP contribution is -2.60. The Labute approximate surface area is 281 Å². The van der Waals surface area contributed by atoms with E-state index in [1.807, 2.05) is 79.7 Å². The number of esters is 1. The van der Waals surface area contributed by atoms with E-state index >= 15 is 0 Å². The van der Waals surface area contributed by atoms with Crippen molar-refractivity contribution in [2.75, 3.05) is 19.7 Å². The van der Waals surface area contributed by atoms with Crippen LogP contribution in [-0.2, 0) is 35.1 Å². The summed E-state index contributed by atoms with van der Waals surface area (Å²) in [6.45, 7) is 4.00. The largest absolute Gasteiger partial charge is 0.455 e. The van der Waals surface area contributed by atoms with Crippen LogP contribution in [0.25, 0.3) is 0 Å². The lowest BCUT2D eigenvalue weighted by atomic mass is 9.74. The molecule has 4 heterocycles. The van der Waals surface area contributed by atoms with Crippen molar-refractivity contribution in [2.45, 2.75) is 81.9 Å². The van der Waals surface area contributed by atoms with Crippen LogP contribution in [0.5, 0.6) is 0 Å². The molecule has 2 N–H and O–H groups in total. The molecule has 5 bridgehead atoms. The third-order valence-electron chi connectivity index (χ3n) is 10.2. The normalized spacial score (nSPS) is 30.9. The van der Waals surface area contributed by atoms with E-state index in [0.29, 0.717) is 18.4 Å². The Balaban J connectivity index is 1.44. The molecule has 0 saturated carbocycles. The summed E-state index contributed by atoms with van der Waals surface area (Å²) in [5.41, 5.74) is 0.197. The zero-order valence-electron chi connectivity index (χ0n) is 27.6. The third kappa shape index (κ3) is 6.31. The van der Waals surface area contributed by atoms with Crippen LogP contribution in [0.15, 0.2) is 85.0 Å². The first-order valence-electron chi connectivity index (χ1n) is 17.1. The second kappa shape index (κ2) is 14.5. The van der Waals surface area contributed by atoms with E-state index in [4.69, 9.17) is 9.47 Å². The number of likely N-dealkylation sites (tertiary alicyclic amines) is 1. The number of carbonyl (C=O) groups excluding carboxylic acids is 4. The number of ether oxygens (including phenoxy) is 2. The number of amides is 3. The van der Waals surface area contributed by atoms with Gasteiger partial charge in [0.1, 0.15) is 23.7 Å². The van der Waals surface area contributed by atoms with Gasteiger partial charge in [-0.2, -0.15) is 0 Å². The molecule has 0 aliphatic carbocycles. The quantitative estimate of drug-likeness (QED) is 0.330. The lowest BCUT2D eigenvalue weighted by molar-refractivity contribution is -0.160. The summed E-state index contributed by atoms with van der Waals surface area (Å²) in [4.78, 5) is 60.0. The number of nitrogens with one attached hydrogen (secondary N) is 1. The van der Waals surface area contributed by atoms with E-state index in [2.05, 4.69) is 12.2 Å². The highest BCUT2D eigenvalue weighted by Gasteiger charge is 2.74. The fourth-order valence-electron chi connectivity index (χ4n) is 7.83. The zero-order chi connectivity index (χ0) is 33.8. The SMILES string of the molecule is CCCC(C)N1C/C=C\CCC(=O)NC[C@@H](c2ccccc2)OC(=O)[C@@H]2[C@@H]3C=C[C@]4(O3)[C@H](C1=O)N([C@@H](CO)Cc1ccccc1)C(=O)[C@@H]24. The highest BCUT2D eigenvalue weighted by Crippen LogP contribution is 2.56. The van der Waals surface area contributed by atoms with Gasteiger partial charge in [0.2, 0.25) is 17.7 Å². The van der Waals surface area contributed by atoms with Gasteiger partial charge in [-0.1, -0.05) is 98.3 Å². The molecule has 1 spiro atoms. The minimum absolute atomic E-state index is 0.0648. The van der Waals surface area contributed by atoms with Crippen molar-refractivity contribution in [1.29, 1.82) is 0 Å². The molecular formula is C38H45N3O7. The number of carbonyl (C=O) groups is 4. The molecule has 0 aromatic heterocycles. The molecule has 48 heavy (non-hydrogen) atoms. The number of fused-ring (bicyclic) bond motifs is 2. The summed E-state index contributed by atoms with van der Waals surface area (Å²) in [6.07, 6.45) is 8.36. The van der Waals surface area contributed by atoms with E-state index < -0.39 is 53.6 Å². The van der Waals surface area contributed by atoms with Gasteiger partial charge in [-0.05, 0) is 37.3 Å². The third-order valence-corrected chi connectivity index (χ3v) is 10.2. The average molecular weight is 656 g/mol. The summed E-state index contributed by atoms with van der Waals surface area (Å²) in [5.74, 6) is -3.58. The predicted molar refractivity (Wildman–Crippen MR) is 178 cm³/mol. The van der Waals surface area contributed by atoms with Gasteiger partial charge in [0, 0.05) is 19.0 Å². The van der Waals surface area contributed by atoms with Crippen molar-refractivity contribution in [3.8, 4) is 0 Å². The Morgan fingerprint density at radius 1 is 1.00 bits per heavy atom. The maximum absolute atomic E-state index is 15.0. The van der Waals surface area contributed by atoms with Gasteiger partial charge < -0.3 is 29.7 Å². The minimum atomic E-state index is -1.41. The van der Waals surface area contributed by atoms with Crippen molar-refractivity contribution in [1.82, 2.24) is 15.1 Å². The molecule has 0 radical (unpaired) electrons. The first-order valence-corrected chi connectivity index (χ1v) is 17.1. The standard InChI is InChI=1S/C38H45N3O7/c1-3-13-25(2)40-21-12-6-11-18-31(43)39-23-30(27-16-9-5-10-17-27)47-37(46)32-29-19-20-38(48-29)33(32)35(44)41(34(38)36(40)45)28(24-42)22-26-14-7-4-8-15-26/h4-10,12,14-17,19-20,25,28-30,32-34,42H,3,11,13,18,21-24H2,1-2H3,(H,39,43)/b12-6-/t25?,28-,29+,30+,32-,33-,34+,38-/m1/s1. The lowest BCUT2D eigenvalue weighted by Gasteiger charge is -2.40. The highest BCUT2D eigenvalue weighted by atomic mass is 16.6. The van der Waals surface area contributed by atoms with E-state index in [0.717, 1.165) is 18.4 Å². The first kappa shape index (κ1) is 33.6. The van der Waals surface area contributed by atoms with Gasteiger partial charge >= 0.3 is 5.97 Å². The molecule has 4 aliphatic rings. The topological polar surface area (TPSA) is 125 Å². The van der Waals surface area contributed by atoms with Crippen molar-refractivity contribution in [3.05, 3.63) is 96.1 Å². The number of aliphatic hydroxyl groups is 1. The number of hydrogen-bond acceptors (Lipinski definition) is 7. The maximum Gasteiger partial charge on any atom is 0.313 e. The van der Waals surface area contributed by atoms with Crippen molar-refractivity contribution >= 4 is 23.7 Å². The summed E-state index contributed by atoms with van der Waals surface area (Å²) in [5, 5.41) is 13.7. The molecule has 8 atom stereocenters. The smallest absolute Gasteiger partial charge is 0.313 e. The summed E-state index contributed by atoms with van der Waals surface area (Å²) in [7, 11) is 0. The number of allylic oxidation sites excluding steroid dienone is 1. The van der Waals surface area contributed by atoms with Crippen LogP contribution in [0.3, 0.4) is 0 Å². The van der Waals surface area contributed by atoms with E-state index in [1.165, 1.54) is 4.90 Å². The predicted octanol–water partition coefficient (Wildman–Crippen LogP) is 3.51. The van der Waals surface area contributed by atoms with E-state index in [1.54, 1.807) is 17.1 Å². The van der Waals surface area contributed by atoms with Gasteiger partial charge in [-0.3, -0.25) is 19.2 Å².